The Hall–Kier alpha value is -1.87. The van der Waals surface area contributed by atoms with Crippen molar-refractivity contribution in [2.24, 2.45) is 17.8 Å². The molecule has 150 valence electrons. The average Bonchev–Trinajstić information content (AvgIpc) is 3.37. The number of likely N-dealkylation sites (tertiary alicyclic amines) is 1. The third kappa shape index (κ3) is 3.04. The van der Waals surface area contributed by atoms with Gasteiger partial charge in [-0.2, -0.15) is 0 Å². The van der Waals surface area contributed by atoms with Crippen LogP contribution in [0.25, 0.3) is 5.57 Å². The molecule has 5 rings (SSSR count). The molecule has 3 nitrogen and oxygen atoms in total. The monoisotopic (exact) mass is 378 g/mol. The second-order valence-corrected chi connectivity index (χ2v) is 9.73. The van der Waals surface area contributed by atoms with Crippen LogP contribution in [0.5, 0.6) is 0 Å². The third-order valence-electron chi connectivity index (χ3n) is 7.50. The maximum atomic E-state index is 12.8. The first kappa shape index (κ1) is 18.2. The molecule has 1 N–H and O–H groups in total. The van der Waals surface area contributed by atoms with Crippen LogP contribution in [0.2, 0.25) is 0 Å². The maximum absolute atomic E-state index is 12.8. The van der Waals surface area contributed by atoms with Gasteiger partial charge in [-0.3, -0.25) is 4.79 Å². The van der Waals surface area contributed by atoms with Gasteiger partial charge < -0.3 is 10.2 Å². The largest absolute Gasteiger partial charge is 0.350 e. The van der Waals surface area contributed by atoms with Gasteiger partial charge in [0.2, 0.25) is 0 Å². The molecule has 3 atom stereocenters. The molecule has 2 fully saturated rings. The molecule has 0 radical (unpaired) electrons. The Labute approximate surface area is 170 Å². The van der Waals surface area contributed by atoms with E-state index in [9.17, 15) is 4.79 Å². The van der Waals surface area contributed by atoms with Gasteiger partial charge in [-0.25, -0.2) is 0 Å². The molecule has 1 spiro atoms. The highest BCUT2D eigenvalue weighted by Crippen LogP contribution is 2.48. The first-order chi connectivity index (χ1) is 13.5. The van der Waals surface area contributed by atoms with E-state index in [0.29, 0.717) is 0 Å². The molecule has 1 heterocycles. The van der Waals surface area contributed by atoms with Gasteiger partial charge in [-0.1, -0.05) is 42.5 Å². The number of hydrogen-bond donors (Lipinski definition) is 1. The first-order valence-corrected chi connectivity index (χ1v) is 11.1. The molecule has 1 aliphatic heterocycles. The number of nitrogens with zero attached hydrogens (tertiary/aromatic N) is 1. The van der Waals surface area contributed by atoms with E-state index in [1.54, 1.807) is 0 Å². The summed E-state index contributed by atoms with van der Waals surface area (Å²) >= 11 is 0. The summed E-state index contributed by atoms with van der Waals surface area (Å²) in [4.78, 5) is 15.5. The molecular formula is C25H34N2O. The van der Waals surface area contributed by atoms with Gasteiger partial charge in [0.25, 0.3) is 5.91 Å². The van der Waals surface area contributed by atoms with Crippen molar-refractivity contribution in [3.8, 4) is 0 Å². The summed E-state index contributed by atoms with van der Waals surface area (Å²) in [5.41, 5.74) is 3.44. The summed E-state index contributed by atoms with van der Waals surface area (Å²) in [7, 11) is 0. The van der Waals surface area contributed by atoms with Crippen molar-refractivity contribution in [1.29, 1.82) is 0 Å². The minimum atomic E-state index is 0. The van der Waals surface area contributed by atoms with E-state index >= 15 is 0 Å². The number of carbonyl (C=O) groups is 1. The Balaban J connectivity index is 0.00000205. The van der Waals surface area contributed by atoms with Gasteiger partial charge in [0.1, 0.15) is 0 Å². The number of allylic oxidation sites excluding steroid dienone is 3. The van der Waals surface area contributed by atoms with Crippen LogP contribution in [0.1, 0.15) is 52.1 Å². The third-order valence-corrected chi connectivity index (χ3v) is 7.50. The highest BCUT2D eigenvalue weighted by Gasteiger charge is 2.43. The summed E-state index contributed by atoms with van der Waals surface area (Å²) in [5.74, 6) is 2.63. The van der Waals surface area contributed by atoms with Gasteiger partial charge in [-0.15, -0.1) is 0 Å². The lowest BCUT2D eigenvalue weighted by molar-refractivity contribution is -0.116. The number of amides is 1. The number of hydrogen-bond acceptors (Lipinski definition) is 2. The molecule has 3 unspecified atom stereocenters. The van der Waals surface area contributed by atoms with E-state index in [0.717, 1.165) is 54.8 Å². The number of benzene rings is 1. The van der Waals surface area contributed by atoms with Crippen molar-refractivity contribution in [3.05, 3.63) is 53.6 Å². The number of carbonyl (C=O) groups excluding carboxylic acids is 1. The predicted octanol–water partition coefficient (Wildman–Crippen LogP) is 4.40. The fourth-order valence-electron chi connectivity index (χ4n) is 6.10. The van der Waals surface area contributed by atoms with Gasteiger partial charge in [-0.05, 0) is 81.5 Å². The quantitative estimate of drug-likeness (QED) is 0.788. The van der Waals surface area contributed by atoms with E-state index in [1.165, 1.54) is 24.9 Å². The lowest BCUT2D eigenvalue weighted by Gasteiger charge is -2.40. The smallest absolute Gasteiger partial charge is 0.251 e. The van der Waals surface area contributed by atoms with Crippen LogP contribution in [-0.4, -0.2) is 36.5 Å². The lowest BCUT2D eigenvalue weighted by atomic mass is 9.74. The zero-order valence-electron chi connectivity index (χ0n) is 17.2. The molecule has 1 saturated carbocycles. The van der Waals surface area contributed by atoms with Crippen LogP contribution in [-0.2, 0) is 10.2 Å². The number of fused-ring (bicyclic) bond motifs is 4. The highest BCUT2D eigenvalue weighted by molar-refractivity contribution is 6.21. The van der Waals surface area contributed by atoms with E-state index < -0.39 is 0 Å². The van der Waals surface area contributed by atoms with Crippen molar-refractivity contribution in [1.82, 2.24) is 10.2 Å². The summed E-state index contributed by atoms with van der Waals surface area (Å²) in [6.45, 7) is 7.59. The van der Waals surface area contributed by atoms with Crippen molar-refractivity contribution in [2.45, 2.75) is 51.0 Å². The van der Waals surface area contributed by atoms with Gasteiger partial charge >= 0.3 is 0 Å². The summed E-state index contributed by atoms with van der Waals surface area (Å²) in [6.07, 6.45) is 12.2. The van der Waals surface area contributed by atoms with Crippen molar-refractivity contribution in [2.75, 3.05) is 19.6 Å². The first-order valence-electron chi connectivity index (χ1n) is 11.1. The number of nitrogens with one attached hydrogen (secondary N) is 1. The molecular weight excluding hydrogens is 344 g/mol. The van der Waals surface area contributed by atoms with Crippen LogP contribution in [0.3, 0.4) is 0 Å². The Morgan fingerprint density at radius 1 is 1.21 bits per heavy atom. The Morgan fingerprint density at radius 2 is 2.00 bits per heavy atom. The van der Waals surface area contributed by atoms with Crippen LogP contribution in [0, 0.1) is 17.8 Å². The normalized spacial score (nSPS) is 30.1. The zero-order valence-corrected chi connectivity index (χ0v) is 17.2. The molecule has 1 aromatic carbocycles. The summed E-state index contributed by atoms with van der Waals surface area (Å²) in [5, 5.41) is 3.10. The number of piperidine rings is 1. The Morgan fingerprint density at radius 3 is 2.68 bits per heavy atom. The van der Waals surface area contributed by atoms with E-state index in [-0.39, 0.29) is 18.8 Å². The van der Waals surface area contributed by atoms with E-state index in [2.05, 4.69) is 52.7 Å². The SMILES string of the molecule is CC(C)NC(=O)C1=CC2(CCN(CC3CC4C=CC3C4)CC2)c2ccccc21.[HH]. The average molecular weight is 379 g/mol. The molecule has 1 amide bonds. The zero-order chi connectivity index (χ0) is 19.3. The summed E-state index contributed by atoms with van der Waals surface area (Å²) in [6, 6.07) is 8.73. The van der Waals surface area contributed by atoms with E-state index in [1.807, 2.05) is 13.8 Å². The summed E-state index contributed by atoms with van der Waals surface area (Å²) < 4.78 is 0. The van der Waals surface area contributed by atoms with Crippen LogP contribution >= 0.6 is 0 Å². The molecule has 3 aliphatic carbocycles. The van der Waals surface area contributed by atoms with Gasteiger partial charge in [0, 0.05) is 25.0 Å². The standard InChI is InChI=1S/C25H32N2O.H2/c1-17(2)26-24(28)22-15-25(23-6-4-3-5-21(22)23)9-11-27(12-10-25)16-20-14-18-7-8-19(20)13-18;/h3-8,15,17-20H,9-14,16H2,1-2H3,(H,26,28);1H. The fraction of sp³-hybridized carbons (Fsp3) is 0.560. The second-order valence-electron chi connectivity index (χ2n) is 9.73. The minimum Gasteiger partial charge on any atom is -0.350 e. The molecule has 3 heteroatoms. The molecule has 0 aromatic heterocycles. The Bertz CT molecular complexity index is 835. The van der Waals surface area contributed by atoms with Crippen LogP contribution in [0.15, 0.2) is 42.5 Å². The van der Waals surface area contributed by atoms with Crippen molar-refractivity contribution >= 4 is 11.5 Å². The second kappa shape index (κ2) is 6.88. The number of rotatable bonds is 4. The predicted molar refractivity (Wildman–Crippen MR) is 116 cm³/mol. The molecule has 28 heavy (non-hydrogen) atoms. The van der Waals surface area contributed by atoms with Crippen LogP contribution in [0.4, 0.5) is 0 Å². The van der Waals surface area contributed by atoms with Gasteiger partial charge in [0.15, 0.2) is 0 Å². The van der Waals surface area contributed by atoms with Crippen molar-refractivity contribution < 1.29 is 6.22 Å². The van der Waals surface area contributed by atoms with Crippen molar-refractivity contribution in [3.63, 3.8) is 0 Å². The van der Waals surface area contributed by atoms with E-state index in [4.69, 9.17) is 0 Å². The molecule has 1 aromatic rings. The highest BCUT2D eigenvalue weighted by atomic mass is 16.1. The molecule has 2 bridgehead atoms. The fourth-order valence-corrected chi connectivity index (χ4v) is 6.10. The molecule has 4 aliphatic rings. The van der Waals surface area contributed by atoms with Gasteiger partial charge in [0.05, 0.1) is 0 Å². The molecule has 1 saturated heterocycles. The van der Waals surface area contributed by atoms with Crippen LogP contribution < -0.4 is 5.32 Å². The maximum Gasteiger partial charge on any atom is 0.251 e. The Kier molecular flexibility index (Phi) is 4.46. The lowest BCUT2D eigenvalue weighted by Crippen LogP contribution is -2.43. The topological polar surface area (TPSA) is 32.3 Å². The minimum absolute atomic E-state index is 0.